The van der Waals surface area contributed by atoms with Crippen LogP contribution in [0.15, 0.2) is 71.8 Å². The van der Waals surface area contributed by atoms with Gasteiger partial charge in [0.25, 0.3) is 5.91 Å². The van der Waals surface area contributed by atoms with E-state index in [1.165, 1.54) is 18.5 Å². The van der Waals surface area contributed by atoms with Gasteiger partial charge in [0, 0.05) is 24.3 Å². The Morgan fingerprint density at radius 1 is 0.923 bits per heavy atom. The van der Waals surface area contributed by atoms with Crippen LogP contribution in [0, 0.1) is 0 Å². The number of carbonyl (C=O) groups is 1. The van der Waals surface area contributed by atoms with Crippen molar-refractivity contribution in [2.45, 2.75) is 12.8 Å². The molecule has 0 atom stereocenters. The van der Waals surface area contributed by atoms with E-state index in [1.54, 1.807) is 6.21 Å². The molecule has 0 spiro atoms. The molecular formula is C22H21N3O. The molecule has 1 N–H and O–H groups in total. The molecule has 1 aliphatic rings. The summed E-state index contributed by atoms with van der Waals surface area (Å²) in [5.74, 6) is -0.202. The summed E-state index contributed by atoms with van der Waals surface area (Å²) in [5, 5.41) is 6.09. The lowest BCUT2D eigenvalue weighted by Gasteiger charge is -2.17. The van der Waals surface area contributed by atoms with Gasteiger partial charge in [-0.15, -0.1) is 0 Å². The van der Waals surface area contributed by atoms with Gasteiger partial charge in [0.05, 0.1) is 6.21 Å². The van der Waals surface area contributed by atoms with Gasteiger partial charge >= 0.3 is 0 Å². The Labute approximate surface area is 153 Å². The van der Waals surface area contributed by atoms with E-state index in [2.05, 4.69) is 27.6 Å². The lowest BCUT2D eigenvalue weighted by atomic mass is 10.0. The number of amides is 1. The van der Waals surface area contributed by atoms with Crippen LogP contribution in [-0.2, 0) is 0 Å². The summed E-state index contributed by atoms with van der Waals surface area (Å²) < 4.78 is 0. The molecule has 1 heterocycles. The quantitative estimate of drug-likeness (QED) is 0.570. The molecule has 130 valence electrons. The zero-order valence-electron chi connectivity index (χ0n) is 14.6. The topological polar surface area (TPSA) is 44.7 Å². The maximum atomic E-state index is 12.4. The second-order valence-corrected chi connectivity index (χ2v) is 6.51. The minimum atomic E-state index is -0.202. The minimum Gasteiger partial charge on any atom is -0.372 e. The van der Waals surface area contributed by atoms with Crippen molar-refractivity contribution in [2.24, 2.45) is 5.10 Å². The summed E-state index contributed by atoms with van der Waals surface area (Å²) in [7, 11) is 0. The van der Waals surface area contributed by atoms with Gasteiger partial charge in [-0.2, -0.15) is 5.10 Å². The summed E-state index contributed by atoms with van der Waals surface area (Å²) >= 11 is 0. The van der Waals surface area contributed by atoms with Gasteiger partial charge in [-0.3, -0.25) is 4.79 Å². The van der Waals surface area contributed by atoms with E-state index < -0.39 is 0 Å². The van der Waals surface area contributed by atoms with Crippen molar-refractivity contribution < 1.29 is 4.79 Å². The summed E-state index contributed by atoms with van der Waals surface area (Å²) in [6.07, 6.45) is 4.21. The second-order valence-electron chi connectivity index (χ2n) is 6.51. The van der Waals surface area contributed by atoms with Crippen molar-refractivity contribution in [2.75, 3.05) is 18.0 Å². The van der Waals surface area contributed by atoms with E-state index in [0.29, 0.717) is 5.56 Å². The first-order valence-corrected chi connectivity index (χ1v) is 8.97. The highest BCUT2D eigenvalue weighted by atomic mass is 16.2. The fourth-order valence-corrected chi connectivity index (χ4v) is 3.40. The minimum absolute atomic E-state index is 0.202. The SMILES string of the molecule is O=C(N/N=C/c1ccc(N2CCCC2)cc1)c1cccc2ccccc12. The van der Waals surface area contributed by atoms with Gasteiger partial charge in [0.2, 0.25) is 0 Å². The first-order chi connectivity index (χ1) is 12.8. The van der Waals surface area contributed by atoms with E-state index >= 15 is 0 Å². The van der Waals surface area contributed by atoms with E-state index in [4.69, 9.17) is 0 Å². The average molecular weight is 343 g/mol. The third-order valence-electron chi connectivity index (χ3n) is 4.78. The van der Waals surface area contributed by atoms with Gasteiger partial charge in [0.1, 0.15) is 0 Å². The van der Waals surface area contributed by atoms with Gasteiger partial charge in [-0.1, -0.05) is 48.5 Å². The van der Waals surface area contributed by atoms with E-state index in [0.717, 1.165) is 29.4 Å². The van der Waals surface area contributed by atoms with Crippen LogP contribution < -0.4 is 10.3 Å². The molecule has 1 fully saturated rings. The second kappa shape index (κ2) is 7.40. The Morgan fingerprint density at radius 3 is 2.46 bits per heavy atom. The zero-order chi connectivity index (χ0) is 17.8. The summed E-state index contributed by atoms with van der Waals surface area (Å²) in [4.78, 5) is 14.8. The van der Waals surface area contributed by atoms with Crippen LogP contribution in [-0.4, -0.2) is 25.2 Å². The third kappa shape index (κ3) is 3.45. The number of nitrogens with one attached hydrogen (secondary N) is 1. The molecule has 4 heteroatoms. The number of benzene rings is 3. The van der Waals surface area contributed by atoms with E-state index in [-0.39, 0.29) is 5.91 Å². The van der Waals surface area contributed by atoms with Crippen LogP contribution in [0.4, 0.5) is 5.69 Å². The number of nitrogens with zero attached hydrogens (tertiary/aromatic N) is 2. The number of fused-ring (bicyclic) bond motifs is 1. The van der Waals surface area contributed by atoms with Crippen LogP contribution in [0.1, 0.15) is 28.8 Å². The van der Waals surface area contributed by atoms with Crippen molar-refractivity contribution >= 4 is 28.6 Å². The van der Waals surface area contributed by atoms with Crippen LogP contribution in [0.2, 0.25) is 0 Å². The number of hydrazone groups is 1. The highest BCUT2D eigenvalue weighted by molar-refractivity contribution is 6.07. The molecule has 1 amide bonds. The molecule has 0 aliphatic carbocycles. The molecule has 4 nitrogen and oxygen atoms in total. The molecule has 0 bridgehead atoms. The van der Waals surface area contributed by atoms with Crippen molar-refractivity contribution in [3.63, 3.8) is 0 Å². The molecule has 1 saturated heterocycles. The van der Waals surface area contributed by atoms with Crippen LogP contribution in [0.5, 0.6) is 0 Å². The molecule has 0 unspecified atom stereocenters. The fourth-order valence-electron chi connectivity index (χ4n) is 3.40. The molecule has 26 heavy (non-hydrogen) atoms. The van der Waals surface area contributed by atoms with Gasteiger partial charge in [-0.25, -0.2) is 5.43 Å². The summed E-state index contributed by atoms with van der Waals surface area (Å²) in [6, 6.07) is 21.8. The smallest absolute Gasteiger partial charge is 0.271 e. The van der Waals surface area contributed by atoms with Crippen molar-refractivity contribution in [1.82, 2.24) is 5.43 Å². The average Bonchev–Trinajstić information content (AvgIpc) is 3.23. The lowest BCUT2D eigenvalue weighted by molar-refractivity contribution is 0.0957. The van der Waals surface area contributed by atoms with Crippen LogP contribution in [0.3, 0.4) is 0 Å². The number of carbonyl (C=O) groups excluding carboxylic acids is 1. The summed E-state index contributed by atoms with van der Waals surface area (Å²) in [6.45, 7) is 2.27. The van der Waals surface area contributed by atoms with Gasteiger partial charge in [-0.05, 0) is 47.4 Å². The maximum absolute atomic E-state index is 12.4. The van der Waals surface area contributed by atoms with Crippen molar-refractivity contribution in [3.05, 3.63) is 77.9 Å². The summed E-state index contributed by atoms with van der Waals surface area (Å²) in [5.41, 5.74) is 5.47. The molecule has 0 radical (unpaired) electrons. The first kappa shape index (κ1) is 16.3. The van der Waals surface area contributed by atoms with E-state index in [1.807, 2.05) is 54.6 Å². The monoisotopic (exact) mass is 343 g/mol. The molecule has 4 rings (SSSR count). The normalized spacial score (nSPS) is 14.2. The zero-order valence-corrected chi connectivity index (χ0v) is 14.6. The first-order valence-electron chi connectivity index (χ1n) is 8.97. The Morgan fingerprint density at radius 2 is 1.65 bits per heavy atom. The highest BCUT2D eigenvalue weighted by Gasteiger charge is 2.11. The maximum Gasteiger partial charge on any atom is 0.271 e. The number of rotatable bonds is 4. The Hall–Kier alpha value is -3.14. The van der Waals surface area contributed by atoms with E-state index in [9.17, 15) is 4.79 Å². The molecule has 1 aliphatic heterocycles. The van der Waals surface area contributed by atoms with Gasteiger partial charge in [0.15, 0.2) is 0 Å². The lowest BCUT2D eigenvalue weighted by Crippen LogP contribution is -2.18. The Balaban J connectivity index is 1.43. The number of hydrogen-bond donors (Lipinski definition) is 1. The highest BCUT2D eigenvalue weighted by Crippen LogP contribution is 2.20. The Kier molecular flexibility index (Phi) is 4.65. The fraction of sp³-hybridized carbons (Fsp3) is 0.182. The number of hydrogen-bond acceptors (Lipinski definition) is 3. The van der Waals surface area contributed by atoms with Crippen molar-refractivity contribution in [1.29, 1.82) is 0 Å². The van der Waals surface area contributed by atoms with Crippen LogP contribution >= 0.6 is 0 Å². The van der Waals surface area contributed by atoms with Crippen molar-refractivity contribution in [3.8, 4) is 0 Å². The predicted molar refractivity (Wildman–Crippen MR) is 107 cm³/mol. The Bertz CT molecular complexity index is 936. The third-order valence-corrected chi connectivity index (χ3v) is 4.78. The predicted octanol–water partition coefficient (Wildman–Crippen LogP) is 4.20. The molecule has 0 saturated carbocycles. The molecular weight excluding hydrogens is 322 g/mol. The largest absolute Gasteiger partial charge is 0.372 e. The number of anilines is 1. The molecule has 3 aromatic rings. The molecule has 3 aromatic carbocycles. The molecule has 0 aromatic heterocycles. The standard InChI is InChI=1S/C22H21N3O/c26-22(21-9-5-7-18-6-1-2-8-20(18)21)24-23-16-17-10-12-19(13-11-17)25-14-3-4-15-25/h1-2,5-13,16H,3-4,14-15H2,(H,24,26)/b23-16+. The van der Waals surface area contributed by atoms with Crippen LogP contribution in [0.25, 0.3) is 10.8 Å². The van der Waals surface area contributed by atoms with Gasteiger partial charge < -0.3 is 4.90 Å².